The number of aromatic nitrogens is 4. The van der Waals surface area contributed by atoms with Gasteiger partial charge in [-0.2, -0.15) is 0 Å². The molecule has 0 bridgehead atoms. The molecule has 3 aromatic rings. The van der Waals surface area contributed by atoms with Crippen LogP contribution in [0.3, 0.4) is 0 Å². The second-order valence-electron chi connectivity index (χ2n) is 6.61. The smallest absolute Gasteiger partial charge is 0.233 e. The zero-order valence-corrected chi connectivity index (χ0v) is 15.9. The fourth-order valence-corrected chi connectivity index (χ4v) is 4.13. The Bertz CT molecular complexity index is 908. The largest absolute Gasteiger partial charge is 0.467 e. The highest BCUT2D eigenvalue weighted by Gasteiger charge is 2.25. The topological polar surface area (TPSA) is 85.8 Å². The molecule has 0 saturated heterocycles. The van der Waals surface area contributed by atoms with Crippen LogP contribution in [-0.2, 0) is 17.8 Å². The summed E-state index contributed by atoms with van der Waals surface area (Å²) in [6, 6.07) is 12.1. The predicted octanol–water partition coefficient (Wildman–Crippen LogP) is 2.99. The van der Waals surface area contributed by atoms with Gasteiger partial charge in [-0.1, -0.05) is 36.0 Å². The van der Waals surface area contributed by atoms with Crippen molar-refractivity contribution in [3.05, 3.63) is 59.5 Å². The molecule has 1 amide bonds. The van der Waals surface area contributed by atoms with E-state index in [0.717, 1.165) is 25.0 Å². The highest BCUT2D eigenvalue weighted by Crippen LogP contribution is 2.30. The summed E-state index contributed by atoms with van der Waals surface area (Å²) in [5.41, 5.74) is 2.56. The summed E-state index contributed by atoms with van der Waals surface area (Å²) in [5, 5.41) is 15.3. The minimum atomic E-state index is -0.305. The number of nitrogens with one attached hydrogen (secondary N) is 1. The number of hydrogen-bond donors (Lipinski definition) is 1. The van der Waals surface area contributed by atoms with Crippen molar-refractivity contribution in [1.82, 2.24) is 25.5 Å². The monoisotopic (exact) mass is 383 g/mol. The van der Waals surface area contributed by atoms with Crippen molar-refractivity contribution in [2.45, 2.75) is 49.2 Å². The number of furan rings is 1. The Morgan fingerprint density at radius 1 is 1.37 bits per heavy atom. The van der Waals surface area contributed by atoms with Gasteiger partial charge in [-0.25, -0.2) is 4.68 Å². The van der Waals surface area contributed by atoms with Gasteiger partial charge >= 0.3 is 0 Å². The van der Waals surface area contributed by atoms with E-state index in [1.54, 1.807) is 10.9 Å². The van der Waals surface area contributed by atoms with Crippen molar-refractivity contribution in [2.75, 3.05) is 0 Å². The summed E-state index contributed by atoms with van der Waals surface area (Å²) < 4.78 is 6.99. The van der Waals surface area contributed by atoms with Crippen LogP contribution in [0.4, 0.5) is 0 Å². The van der Waals surface area contributed by atoms with Crippen LogP contribution >= 0.6 is 11.8 Å². The third-order valence-corrected chi connectivity index (χ3v) is 5.79. The molecular formula is C19H21N5O2S. The first kappa shape index (κ1) is 17.8. The maximum absolute atomic E-state index is 12.7. The van der Waals surface area contributed by atoms with Crippen LogP contribution in [0, 0.1) is 0 Å². The van der Waals surface area contributed by atoms with Crippen molar-refractivity contribution >= 4 is 17.7 Å². The van der Waals surface area contributed by atoms with Crippen molar-refractivity contribution in [3.63, 3.8) is 0 Å². The molecule has 140 valence electrons. The zero-order chi connectivity index (χ0) is 18.6. The van der Waals surface area contributed by atoms with E-state index in [-0.39, 0.29) is 17.2 Å². The van der Waals surface area contributed by atoms with Crippen molar-refractivity contribution in [1.29, 1.82) is 0 Å². The van der Waals surface area contributed by atoms with Gasteiger partial charge in [-0.15, -0.1) is 5.10 Å². The number of carbonyl (C=O) groups is 1. The molecule has 0 spiro atoms. The minimum Gasteiger partial charge on any atom is -0.467 e. The van der Waals surface area contributed by atoms with Crippen LogP contribution in [0.5, 0.6) is 0 Å². The number of aryl methyl sites for hydroxylation is 1. The molecule has 0 radical (unpaired) electrons. The first-order valence-electron chi connectivity index (χ1n) is 9.04. The Labute approximate surface area is 161 Å². The van der Waals surface area contributed by atoms with Crippen LogP contribution in [0.2, 0.25) is 0 Å². The summed E-state index contributed by atoms with van der Waals surface area (Å²) in [5.74, 6) is 0.759. The molecule has 2 atom stereocenters. The summed E-state index contributed by atoms with van der Waals surface area (Å²) in [4.78, 5) is 12.7. The number of hydrogen-bond acceptors (Lipinski definition) is 6. The van der Waals surface area contributed by atoms with Crippen LogP contribution < -0.4 is 5.32 Å². The van der Waals surface area contributed by atoms with E-state index in [1.165, 1.54) is 22.9 Å². The van der Waals surface area contributed by atoms with Crippen LogP contribution in [0.15, 0.2) is 52.2 Å². The van der Waals surface area contributed by atoms with Gasteiger partial charge in [-0.05, 0) is 59.9 Å². The molecule has 1 aliphatic carbocycles. The molecule has 2 heterocycles. The second kappa shape index (κ2) is 7.96. The first-order chi connectivity index (χ1) is 13.2. The lowest BCUT2D eigenvalue weighted by atomic mass is 9.88. The van der Waals surface area contributed by atoms with Crippen LogP contribution in [0.1, 0.15) is 42.7 Å². The highest BCUT2D eigenvalue weighted by atomic mass is 32.2. The average Bonchev–Trinajstić information content (AvgIpc) is 3.35. The van der Waals surface area contributed by atoms with Crippen molar-refractivity contribution in [2.24, 2.45) is 0 Å². The van der Waals surface area contributed by atoms with E-state index in [0.29, 0.717) is 11.7 Å². The SMILES string of the molecule is CC(Sc1nnnn1Cc1ccco1)C(=O)NC1CCCc2ccccc21. The number of rotatable bonds is 6. The number of thioether (sulfide) groups is 1. The molecule has 2 aromatic heterocycles. The lowest BCUT2D eigenvalue weighted by molar-refractivity contribution is -0.121. The lowest BCUT2D eigenvalue weighted by Gasteiger charge is -2.27. The molecular weight excluding hydrogens is 362 g/mol. The molecule has 1 aromatic carbocycles. The third-order valence-electron chi connectivity index (χ3n) is 4.72. The van der Waals surface area contributed by atoms with Crippen LogP contribution in [-0.4, -0.2) is 31.4 Å². The average molecular weight is 383 g/mol. The van der Waals surface area contributed by atoms with Crippen molar-refractivity contribution in [3.8, 4) is 0 Å². The van der Waals surface area contributed by atoms with E-state index < -0.39 is 0 Å². The number of carbonyl (C=O) groups excluding carboxylic acids is 1. The number of tetrazole rings is 1. The molecule has 0 aliphatic heterocycles. The molecule has 1 N–H and O–H groups in total. The van der Waals surface area contributed by atoms with Crippen molar-refractivity contribution < 1.29 is 9.21 Å². The van der Waals surface area contributed by atoms with E-state index in [9.17, 15) is 4.79 Å². The second-order valence-corrected chi connectivity index (χ2v) is 7.92. The van der Waals surface area contributed by atoms with E-state index in [1.807, 2.05) is 25.1 Å². The van der Waals surface area contributed by atoms with Gasteiger partial charge in [0.15, 0.2) is 0 Å². The van der Waals surface area contributed by atoms with Gasteiger partial charge in [0.05, 0.1) is 17.6 Å². The summed E-state index contributed by atoms with van der Waals surface area (Å²) in [7, 11) is 0. The zero-order valence-electron chi connectivity index (χ0n) is 15.0. The van der Waals surface area contributed by atoms with Gasteiger partial charge in [0.2, 0.25) is 11.1 Å². The molecule has 7 nitrogen and oxygen atoms in total. The van der Waals surface area contributed by atoms with Gasteiger partial charge in [0.25, 0.3) is 0 Å². The van der Waals surface area contributed by atoms with Gasteiger partial charge in [-0.3, -0.25) is 4.79 Å². The number of amides is 1. The first-order valence-corrected chi connectivity index (χ1v) is 9.92. The maximum atomic E-state index is 12.7. The third kappa shape index (κ3) is 4.05. The molecule has 8 heteroatoms. The summed E-state index contributed by atoms with van der Waals surface area (Å²) in [6.45, 7) is 2.31. The maximum Gasteiger partial charge on any atom is 0.233 e. The van der Waals surface area contributed by atoms with E-state index in [2.05, 4.69) is 39.0 Å². The minimum absolute atomic E-state index is 0.00532. The normalized spacial score (nSPS) is 17.3. The van der Waals surface area contributed by atoms with Crippen LogP contribution in [0.25, 0.3) is 0 Å². The Kier molecular flexibility index (Phi) is 5.24. The van der Waals surface area contributed by atoms with E-state index >= 15 is 0 Å². The predicted molar refractivity (Wildman–Crippen MR) is 101 cm³/mol. The van der Waals surface area contributed by atoms with Gasteiger partial charge < -0.3 is 9.73 Å². The fraction of sp³-hybridized carbons (Fsp3) is 0.368. The number of fused-ring (bicyclic) bond motifs is 1. The Morgan fingerprint density at radius 2 is 2.26 bits per heavy atom. The molecule has 2 unspecified atom stereocenters. The van der Waals surface area contributed by atoms with Gasteiger partial charge in [0.1, 0.15) is 12.3 Å². The Morgan fingerprint density at radius 3 is 3.11 bits per heavy atom. The lowest BCUT2D eigenvalue weighted by Crippen LogP contribution is -2.36. The standard InChI is InChI=1S/C19H21N5O2S/c1-13(27-19-21-22-23-24(19)12-15-8-5-11-26-15)18(25)20-17-10-4-7-14-6-2-3-9-16(14)17/h2-3,5-6,8-9,11,13,17H,4,7,10,12H2,1H3,(H,20,25). The molecule has 4 rings (SSSR count). The Balaban J connectivity index is 1.40. The number of nitrogens with zero attached hydrogens (tertiary/aromatic N) is 4. The summed E-state index contributed by atoms with van der Waals surface area (Å²) in [6.07, 6.45) is 4.75. The fourth-order valence-electron chi connectivity index (χ4n) is 3.33. The molecule has 1 aliphatic rings. The Hall–Kier alpha value is -2.61. The summed E-state index contributed by atoms with van der Waals surface area (Å²) >= 11 is 1.35. The molecule has 0 saturated carbocycles. The quantitative estimate of drug-likeness (QED) is 0.659. The molecule has 0 fully saturated rings. The highest BCUT2D eigenvalue weighted by molar-refractivity contribution is 8.00. The molecule has 27 heavy (non-hydrogen) atoms. The number of benzene rings is 1. The van der Waals surface area contributed by atoms with E-state index in [4.69, 9.17) is 4.42 Å². The van der Waals surface area contributed by atoms with Gasteiger partial charge in [0, 0.05) is 0 Å².